The molecule has 3 N–H and O–H groups in total. The number of hydrogen-bond donors (Lipinski definition) is 2. The van der Waals surface area contributed by atoms with Crippen molar-refractivity contribution in [2.75, 3.05) is 24.6 Å². The molecule has 5 nitrogen and oxygen atoms in total. The SMILES string of the molecule is N=C(N)C1CN(c2ccc(C(F)(F)F)cn2)CCO1. The molecule has 0 saturated carbocycles. The van der Waals surface area contributed by atoms with Crippen LogP contribution in [-0.2, 0) is 10.9 Å². The van der Waals surface area contributed by atoms with E-state index in [-0.39, 0.29) is 5.84 Å². The Balaban J connectivity index is 2.12. The number of anilines is 1. The fourth-order valence-corrected chi connectivity index (χ4v) is 1.79. The Hall–Kier alpha value is -1.83. The van der Waals surface area contributed by atoms with Crippen molar-refractivity contribution in [1.29, 1.82) is 5.41 Å². The van der Waals surface area contributed by atoms with Crippen molar-refractivity contribution in [2.24, 2.45) is 5.73 Å². The van der Waals surface area contributed by atoms with Crippen LogP contribution in [0.15, 0.2) is 18.3 Å². The van der Waals surface area contributed by atoms with E-state index in [1.54, 1.807) is 4.90 Å². The average molecular weight is 274 g/mol. The number of nitrogens with zero attached hydrogens (tertiary/aromatic N) is 2. The van der Waals surface area contributed by atoms with Crippen LogP contribution < -0.4 is 10.6 Å². The van der Waals surface area contributed by atoms with Gasteiger partial charge in [0.05, 0.1) is 18.7 Å². The molecule has 1 saturated heterocycles. The summed E-state index contributed by atoms with van der Waals surface area (Å²) < 4.78 is 42.5. The number of morpholine rings is 1. The quantitative estimate of drug-likeness (QED) is 0.628. The molecule has 1 aromatic rings. The third-order valence-corrected chi connectivity index (χ3v) is 2.81. The second kappa shape index (κ2) is 5.04. The van der Waals surface area contributed by atoms with E-state index < -0.39 is 17.8 Å². The summed E-state index contributed by atoms with van der Waals surface area (Å²) in [6.45, 7) is 1.17. The fraction of sp³-hybridized carbons (Fsp3) is 0.455. The van der Waals surface area contributed by atoms with Crippen LogP contribution in [0, 0.1) is 5.41 Å². The molecule has 2 heterocycles. The first-order chi connectivity index (χ1) is 8.88. The normalized spacial score (nSPS) is 20.4. The van der Waals surface area contributed by atoms with Crippen molar-refractivity contribution in [3.05, 3.63) is 23.9 Å². The highest BCUT2D eigenvalue weighted by Crippen LogP contribution is 2.29. The van der Waals surface area contributed by atoms with Crippen molar-refractivity contribution < 1.29 is 17.9 Å². The zero-order valence-electron chi connectivity index (χ0n) is 9.94. The van der Waals surface area contributed by atoms with Gasteiger partial charge in [0, 0.05) is 12.7 Å². The lowest BCUT2D eigenvalue weighted by atomic mass is 10.2. The number of amidine groups is 1. The van der Waals surface area contributed by atoms with E-state index in [0.717, 1.165) is 12.3 Å². The topological polar surface area (TPSA) is 75.2 Å². The minimum absolute atomic E-state index is 0.100. The number of nitrogens with two attached hydrogens (primary N) is 1. The summed E-state index contributed by atoms with van der Waals surface area (Å²) in [5, 5.41) is 7.31. The predicted molar refractivity (Wildman–Crippen MR) is 63.1 cm³/mol. The number of nitrogens with one attached hydrogen (secondary N) is 1. The Morgan fingerprint density at radius 2 is 2.21 bits per heavy atom. The largest absolute Gasteiger partial charge is 0.417 e. The number of aromatic nitrogens is 1. The molecule has 1 aromatic heterocycles. The Labute approximate surface area is 107 Å². The molecule has 104 valence electrons. The summed E-state index contributed by atoms with van der Waals surface area (Å²) in [7, 11) is 0. The van der Waals surface area contributed by atoms with Crippen molar-refractivity contribution in [3.63, 3.8) is 0 Å². The second-order valence-electron chi connectivity index (χ2n) is 4.16. The van der Waals surface area contributed by atoms with Crippen LogP contribution in [0.1, 0.15) is 5.56 Å². The van der Waals surface area contributed by atoms with Crippen molar-refractivity contribution in [3.8, 4) is 0 Å². The van der Waals surface area contributed by atoms with Gasteiger partial charge in [-0.25, -0.2) is 4.98 Å². The molecule has 0 aromatic carbocycles. The highest BCUT2D eigenvalue weighted by Gasteiger charge is 2.31. The molecule has 0 radical (unpaired) electrons. The molecule has 1 fully saturated rings. The van der Waals surface area contributed by atoms with E-state index in [4.69, 9.17) is 15.9 Å². The van der Waals surface area contributed by atoms with Gasteiger partial charge in [0.2, 0.25) is 0 Å². The van der Waals surface area contributed by atoms with E-state index in [2.05, 4.69) is 4.98 Å². The molecule has 1 aliphatic heterocycles. The predicted octanol–water partition coefficient (Wildman–Crippen LogP) is 1.24. The number of ether oxygens (including phenoxy) is 1. The maximum atomic E-state index is 12.4. The van der Waals surface area contributed by atoms with E-state index in [1.165, 1.54) is 6.07 Å². The van der Waals surface area contributed by atoms with Crippen LogP contribution in [0.4, 0.5) is 19.0 Å². The van der Waals surface area contributed by atoms with E-state index in [9.17, 15) is 13.2 Å². The van der Waals surface area contributed by atoms with Crippen LogP contribution in [0.3, 0.4) is 0 Å². The summed E-state index contributed by atoms with van der Waals surface area (Å²) >= 11 is 0. The van der Waals surface area contributed by atoms with Gasteiger partial charge in [-0.1, -0.05) is 0 Å². The summed E-state index contributed by atoms with van der Waals surface area (Å²) in [6.07, 6.45) is -4.13. The molecule has 0 amide bonds. The summed E-state index contributed by atoms with van der Waals surface area (Å²) in [6, 6.07) is 2.30. The minimum atomic E-state index is -4.39. The molecule has 8 heteroatoms. The Morgan fingerprint density at radius 1 is 1.47 bits per heavy atom. The van der Waals surface area contributed by atoms with Gasteiger partial charge in [0.15, 0.2) is 0 Å². The van der Waals surface area contributed by atoms with Gasteiger partial charge in [-0.3, -0.25) is 5.41 Å². The van der Waals surface area contributed by atoms with Crippen LogP contribution >= 0.6 is 0 Å². The molecule has 0 spiro atoms. The van der Waals surface area contributed by atoms with Gasteiger partial charge in [-0.2, -0.15) is 13.2 Å². The Kier molecular flexibility index (Phi) is 3.61. The number of hydrogen-bond acceptors (Lipinski definition) is 4. The van der Waals surface area contributed by atoms with Gasteiger partial charge in [0.25, 0.3) is 0 Å². The first-order valence-corrected chi connectivity index (χ1v) is 5.61. The highest BCUT2D eigenvalue weighted by molar-refractivity contribution is 5.82. The fourth-order valence-electron chi connectivity index (χ4n) is 1.79. The first kappa shape index (κ1) is 13.6. The molecule has 1 atom stereocenters. The van der Waals surface area contributed by atoms with Crippen LogP contribution in [0.2, 0.25) is 0 Å². The molecular formula is C11H13F3N4O. The standard InChI is InChI=1S/C11H13F3N4O/c12-11(13,14)7-1-2-9(17-5-7)18-3-4-19-8(6-18)10(15)16/h1-2,5,8H,3-4,6H2,(H3,15,16). The first-order valence-electron chi connectivity index (χ1n) is 5.61. The van der Waals surface area contributed by atoms with Gasteiger partial charge in [-0.05, 0) is 12.1 Å². The van der Waals surface area contributed by atoms with Crippen molar-refractivity contribution in [1.82, 2.24) is 4.98 Å². The molecular weight excluding hydrogens is 261 g/mol. The summed E-state index contributed by atoms with van der Waals surface area (Å²) in [5.74, 6) is 0.319. The minimum Gasteiger partial charge on any atom is -0.385 e. The average Bonchev–Trinajstić information content (AvgIpc) is 2.38. The molecule has 1 unspecified atom stereocenters. The van der Waals surface area contributed by atoms with Crippen molar-refractivity contribution in [2.45, 2.75) is 12.3 Å². The highest BCUT2D eigenvalue weighted by atomic mass is 19.4. The lowest BCUT2D eigenvalue weighted by Gasteiger charge is -2.33. The maximum absolute atomic E-state index is 12.4. The lowest BCUT2D eigenvalue weighted by Crippen LogP contribution is -2.48. The Morgan fingerprint density at radius 3 is 2.74 bits per heavy atom. The molecule has 0 aliphatic carbocycles. The van der Waals surface area contributed by atoms with E-state index >= 15 is 0 Å². The van der Waals surface area contributed by atoms with Crippen molar-refractivity contribution >= 4 is 11.7 Å². The van der Waals surface area contributed by atoms with Gasteiger partial charge >= 0.3 is 6.18 Å². The zero-order valence-corrected chi connectivity index (χ0v) is 9.94. The van der Waals surface area contributed by atoms with E-state index in [0.29, 0.717) is 25.5 Å². The lowest BCUT2D eigenvalue weighted by molar-refractivity contribution is -0.137. The smallest absolute Gasteiger partial charge is 0.385 e. The maximum Gasteiger partial charge on any atom is 0.417 e. The number of pyridine rings is 1. The Bertz CT molecular complexity index is 460. The summed E-state index contributed by atoms with van der Waals surface area (Å²) in [5.41, 5.74) is 4.57. The van der Waals surface area contributed by atoms with Crippen LogP contribution in [0.25, 0.3) is 0 Å². The van der Waals surface area contributed by atoms with Crippen LogP contribution in [-0.4, -0.2) is 36.6 Å². The van der Waals surface area contributed by atoms with Gasteiger partial charge < -0.3 is 15.4 Å². The zero-order chi connectivity index (χ0) is 14.0. The summed E-state index contributed by atoms with van der Waals surface area (Å²) in [4.78, 5) is 5.55. The third kappa shape index (κ3) is 3.14. The third-order valence-electron chi connectivity index (χ3n) is 2.81. The van der Waals surface area contributed by atoms with E-state index in [1.807, 2.05) is 0 Å². The number of halogens is 3. The number of alkyl halides is 3. The molecule has 2 rings (SSSR count). The molecule has 0 bridgehead atoms. The monoisotopic (exact) mass is 274 g/mol. The van der Waals surface area contributed by atoms with Gasteiger partial charge in [0.1, 0.15) is 17.8 Å². The molecule has 19 heavy (non-hydrogen) atoms. The van der Waals surface area contributed by atoms with Crippen LogP contribution in [0.5, 0.6) is 0 Å². The second-order valence-corrected chi connectivity index (χ2v) is 4.16. The number of rotatable bonds is 2. The van der Waals surface area contributed by atoms with Gasteiger partial charge in [-0.15, -0.1) is 0 Å². The molecule has 1 aliphatic rings.